The molecule has 0 unspecified atom stereocenters. The van der Waals surface area contributed by atoms with Gasteiger partial charge in [-0.2, -0.15) is 8.42 Å². The number of rotatable bonds is 7. The highest BCUT2D eigenvalue weighted by molar-refractivity contribution is 7.90. The van der Waals surface area contributed by atoms with Crippen LogP contribution in [0, 0.1) is 5.41 Å². The molecule has 1 aromatic heterocycles. The molecule has 2 aliphatic heterocycles. The lowest BCUT2D eigenvalue weighted by molar-refractivity contribution is -0.127. The fourth-order valence-electron chi connectivity index (χ4n) is 5.87. The van der Waals surface area contributed by atoms with Crippen molar-refractivity contribution < 1.29 is 17.9 Å². The molecule has 1 spiro atoms. The molecule has 1 amide bonds. The van der Waals surface area contributed by atoms with Gasteiger partial charge in [-0.1, -0.05) is 24.1 Å². The average Bonchev–Trinajstić information content (AvgIpc) is 3.44. The second kappa shape index (κ2) is 9.34. The summed E-state index contributed by atoms with van der Waals surface area (Å²) in [7, 11) is -4.15. The number of aromatic nitrogens is 1. The minimum absolute atomic E-state index is 0.164. The lowest BCUT2D eigenvalue weighted by atomic mass is 9.63. The molecular formula is C27H33ClN4O4S. The fraction of sp³-hybridized carbons (Fsp3) is 0.556. The first kappa shape index (κ1) is 24.8. The predicted octanol–water partition coefficient (Wildman–Crippen LogP) is 4.52. The molecule has 2 saturated carbocycles. The van der Waals surface area contributed by atoms with E-state index < -0.39 is 21.5 Å². The van der Waals surface area contributed by atoms with Gasteiger partial charge in [-0.3, -0.25) is 4.79 Å². The van der Waals surface area contributed by atoms with E-state index in [9.17, 15) is 13.2 Å². The number of pyridine rings is 1. The Morgan fingerprint density at radius 3 is 2.30 bits per heavy atom. The van der Waals surface area contributed by atoms with Gasteiger partial charge in [0.15, 0.2) is 10.6 Å². The molecule has 0 radical (unpaired) electrons. The third-order valence-corrected chi connectivity index (χ3v) is 10.0. The number of amides is 1. The molecule has 4 aliphatic rings. The third kappa shape index (κ3) is 4.88. The Balaban J connectivity index is 1.18. The molecule has 0 atom stereocenters. The third-order valence-electron chi connectivity index (χ3n) is 8.57. The standard InChI is InChI=1S/C27H33ClN4O4S/c28-20-7-8-21(31-17-13-26(14-18-31)9-4-10-26)22(19-20)36-27(11-12-27)25(33)30-37(34,35)24-6-3-5-23(29-24)32-15-1-2-16-32/h3,5-8,19H,1-2,4,9-18H2,(H,30,33). The first-order valence-corrected chi connectivity index (χ1v) is 15.2. The summed E-state index contributed by atoms with van der Waals surface area (Å²) >= 11 is 6.31. The van der Waals surface area contributed by atoms with Gasteiger partial charge in [-0.25, -0.2) is 9.71 Å². The number of halogens is 1. The number of sulfonamides is 1. The van der Waals surface area contributed by atoms with E-state index in [0.717, 1.165) is 57.5 Å². The zero-order chi connectivity index (χ0) is 25.7. The summed E-state index contributed by atoms with van der Waals surface area (Å²) < 4.78 is 34.7. The van der Waals surface area contributed by atoms with Gasteiger partial charge in [0, 0.05) is 50.1 Å². The molecule has 1 N–H and O–H groups in total. The van der Waals surface area contributed by atoms with Gasteiger partial charge >= 0.3 is 0 Å². The van der Waals surface area contributed by atoms with Crippen LogP contribution in [0.1, 0.15) is 57.8 Å². The Bertz CT molecular complexity index is 1290. The Kier molecular flexibility index (Phi) is 6.26. The second-order valence-electron chi connectivity index (χ2n) is 11.0. The molecule has 2 aliphatic carbocycles. The van der Waals surface area contributed by atoms with E-state index in [1.54, 1.807) is 18.2 Å². The quantitative estimate of drug-likeness (QED) is 0.548. The predicted molar refractivity (Wildman–Crippen MR) is 143 cm³/mol. The van der Waals surface area contributed by atoms with Gasteiger partial charge in [0.25, 0.3) is 15.9 Å². The topological polar surface area (TPSA) is 91.8 Å². The zero-order valence-corrected chi connectivity index (χ0v) is 22.5. The van der Waals surface area contributed by atoms with Crippen LogP contribution < -0.4 is 19.3 Å². The minimum Gasteiger partial charge on any atom is -0.475 e. The summed E-state index contributed by atoms with van der Waals surface area (Å²) in [5.41, 5.74) is 0.181. The molecule has 3 heterocycles. The maximum atomic E-state index is 13.3. The molecule has 0 bridgehead atoms. The van der Waals surface area contributed by atoms with Crippen LogP contribution in [0.25, 0.3) is 0 Å². The number of benzene rings is 1. The normalized spacial score (nSPS) is 22.0. The minimum atomic E-state index is -4.15. The number of carbonyl (C=O) groups is 1. The number of hydrogen-bond donors (Lipinski definition) is 1. The molecular weight excluding hydrogens is 512 g/mol. The van der Waals surface area contributed by atoms with Crippen LogP contribution in [-0.4, -0.2) is 51.1 Å². The monoisotopic (exact) mass is 544 g/mol. The van der Waals surface area contributed by atoms with Crippen LogP contribution in [0.2, 0.25) is 5.02 Å². The van der Waals surface area contributed by atoms with Gasteiger partial charge in [0.05, 0.1) is 5.69 Å². The van der Waals surface area contributed by atoms with Crippen LogP contribution >= 0.6 is 11.6 Å². The van der Waals surface area contributed by atoms with Crippen molar-refractivity contribution in [1.29, 1.82) is 0 Å². The van der Waals surface area contributed by atoms with E-state index in [1.807, 2.05) is 12.1 Å². The van der Waals surface area contributed by atoms with Gasteiger partial charge in [0.2, 0.25) is 0 Å². The van der Waals surface area contributed by atoms with Gasteiger partial charge in [-0.05, 0) is 68.2 Å². The van der Waals surface area contributed by atoms with Crippen molar-refractivity contribution in [2.75, 3.05) is 36.0 Å². The van der Waals surface area contributed by atoms with E-state index >= 15 is 0 Å². The lowest BCUT2D eigenvalue weighted by Crippen LogP contribution is -2.45. The molecule has 6 rings (SSSR count). The Labute approximate surface area is 223 Å². The number of hydrogen-bond acceptors (Lipinski definition) is 7. The number of anilines is 2. The fourth-order valence-corrected chi connectivity index (χ4v) is 7.04. The molecule has 10 heteroatoms. The van der Waals surface area contributed by atoms with Crippen LogP contribution in [0.4, 0.5) is 11.5 Å². The highest BCUT2D eigenvalue weighted by Crippen LogP contribution is 2.51. The van der Waals surface area contributed by atoms with Crippen molar-refractivity contribution >= 4 is 39.0 Å². The highest BCUT2D eigenvalue weighted by atomic mass is 35.5. The first-order chi connectivity index (χ1) is 17.8. The lowest BCUT2D eigenvalue weighted by Gasteiger charge is -2.48. The van der Waals surface area contributed by atoms with Crippen molar-refractivity contribution in [2.45, 2.75) is 68.4 Å². The van der Waals surface area contributed by atoms with Gasteiger partial charge in [0.1, 0.15) is 11.6 Å². The van der Waals surface area contributed by atoms with E-state index in [4.69, 9.17) is 16.3 Å². The highest BCUT2D eigenvalue weighted by Gasteiger charge is 2.55. The van der Waals surface area contributed by atoms with Gasteiger partial charge in [-0.15, -0.1) is 0 Å². The second-order valence-corrected chi connectivity index (χ2v) is 13.1. The Morgan fingerprint density at radius 1 is 0.919 bits per heavy atom. The maximum absolute atomic E-state index is 13.3. The summed E-state index contributed by atoms with van der Waals surface area (Å²) in [6.45, 7) is 3.56. The summed E-state index contributed by atoms with van der Waals surface area (Å²) in [6, 6.07) is 10.4. The van der Waals surface area contributed by atoms with Crippen LogP contribution in [-0.2, 0) is 14.8 Å². The van der Waals surface area contributed by atoms with E-state index in [2.05, 4.69) is 19.5 Å². The average molecular weight is 545 g/mol. The molecule has 4 fully saturated rings. The number of nitrogens with zero attached hydrogens (tertiary/aromatic N) is 3. The van der Waals surface area contributed by atoms with Crippen molar-refractivity contribution in [2.24, 2.45) is 5.41 Å². The maximum Gasteiger partial charge on any atom is 0.281 e. The van der Waals surface area contributed by atoms with Crippen molar-refractivity contribution in [1.82, 2.24) is 9.71 Å². The Hall–Kier alpha value is -2.52. The smallest absolute Gasteiger partial charge is 0.281 e. The Morgan fingerprint density at radius 2 is 1.65 bits per heavy atom. The molecule has 8 nitrogen and oxygen atoms in total. The molecule has 198 valence electrons. The largest absolute Gasteiger partial charge is 0.475 e. The van der Waals surface area contributed by atoms with Gasteiger partial charge < -0.3 is 14.5 Å². The van der Waals surface area contributed by atoms with E-state index in [0.29, 0.717) is 34.8 Å². The molecule has 37 heavy (non-hydrogen) atoms. The first-order valence-electron chi connectivity index (χ1n) is 13.3. The summed E-state index contributed by atoms with van der Waals surface area (Å²) in [4.78, 5) is 22.0. The van der Waals surface area contributed by atoms with E-state index in [-0.39, 0.29) is 5.03 Å². The van der Waals surface area contributed by atoms with Crippen molar-refractivity contribution in [3.05, 3.63) is 41.4 Å². The molecule has 1 aromatic carbocycles. The molecule has 2 saturated heterocycles. The zero-order valence-electron chi connectivity index (χ0n) is 20.9. The van der Waals surface area contributed by atoms with E-state index in [1.165, 1.54) is 25.3 Å². The SMILES string of the molecule is O=C(NS(=O)(=O)c1cccc(N2CCCC2)n1)C1(Oc2cc(Cl)ccc2N2CCC3(CCC3)CC2)CC1. The molecule has 2 aromatic rings. The summed E-state index contributed by atoms with van der Waals surface area (Å²) in [5, 5.41) is 0.348. The van der Waals surface area contributed by atoms with Crippen LogP contribution in [0.5, 0.6) is 5.75 Å². The van der Waals surface area contributed by atoms with Crippen LogP contribution in [0.15, 0.2) is 41.4 Å². The number of carbonyl (C=O) groups excluding carboxylic acids is 1. The van der Waals surface area contributed by atoms with Crippen LogP contribution in [0.3, 0.4) is 0 Å². The number of ether oxygens (including phenoxy) is 1. The van der Waals surface area contributed by atoms with Crippen molar-refractivity contribution in [3.8, 4) is 5.75 Å². The van der Waals surface area contributed by atoms with Crippen molar-refractivity contribution in [3.63, 3.8) is 0 Å². The number of piperidine rings is 1. The summed E-state index contributed by atoms with van der Waals surface area (Å²) in [5.74, 6) is 0.467. The number of nitrogens with one attached hydrogen (secondary N) is 1. The summed E-state index contributed by atoms with van der Waals surface area (Å²) in [6.07, 6.45) is 9.25.